The molecule has 1 heterocycles. The Kier molecular flexibility index (Phi) is 2.85. The summed E-state index contributed by atoms with van der Waals surface area (Å²) in [6, 6.07) is 0. The van der Waals surface area contributed by atoms with Crippen LogP contribution < -0.4 is 5.32 Å². The SMILES string of the molecule is CC(CCN1CNC2(CC2)C1=O)S(C)=O. The second kappa shape index (κ2) is 3.87. The maximum absolute atomic E-state index is 11.9. The minimum atomic E-state index is -0.784. The number of carbonyl (C=O) groups is 1. The molecule has 15 heavy (non-hydrogen) atoms. The van der Waals surface area contributed by atoms with Crippen molar-refractivity contribution in [1.29, 1.82) is 0 Å². The molecule has 0 radical (unpaired) electrons. The molecular weight excluding hydrogens is 212 g/mol. The molecule has 2 unspecified atom stereocenters. The summed E-state index contributed by atoms with van der Waals surface area (Å²) in [7, 11) is -0.784. The topological polar surface area (TPSA) is 49.4 Å². The second-order valence-electron chi connectivity index (χ2n) is 4.58. The largest absolute Gasteiger partial charge is 0.328 e. The molecule has 0 bridgehead atoms. The van der Waals surface area contributed by atoms with E-state index in [1.54, 1.807) is 6.26 Å². The summed E-state index contributed by atoms with van der Waals surface area (Å²) in [5.41, 5.74) is -0.186. The van der Waals surface area contributed by atoms with Crippen molar-refractivity contribution >= 4 is 16.7 Å². The van der Waals surface area contributed by atoms with Gasteiger partial charge in [0.2, 0.25) is 5.91 Å². The first-order valence-corrected chi connectivity index (χ1v) is 7.04. The normalized spacial score (nSPS) is 27.1. The highest BCUT2D eigenvalue weighted by molar-refractivity contribution is 7.84. The fourth-order valence-corrected chi connectivity index (χ4v) is 2.33. The summed E-state index contributed by atoms with van der Waals surface area (Å²) in [4.78, 5) is 13.7. The Morgan fingerprint density at radius 2 is 2.27 bits per heavy atom. The van der Waals surface area contributed by atoms with E-state index in [9.17, 15) is 9.00 Å². The van der Waals surface area contributed by atoms with E-state index in [1.807, 2.05) is 11.8 Å². The Balaban J connectivity index is 1.81. The molecule has 1 spiro atoms. The average molecular weight is 230 g/mol. The number of hydrogen-bond acceptors (Lipinski definition) is 3. The molecule has 2 rings (SSSR count). The van der Waals surface area contributed by atoms with Crippen LogP contribution in [0.2, 0.25) is 0 Å². The highest BCUT2D eigenvalue weighted by atomic mass is 32.2. The van der Waals surface area contributed by atoms with Gasteiger partial charge in [-0.2, -0.15) is 0 Å². The number of hydrogen-bond donors (Lipinski definition) is 1. The summed E-state index contributed by atoms with van der Waals surface area (Å²) in [5, 5.41) is 3.43. The van der Waals surface area contributed by atoms with Crippen LogP contribution in [-0.4, -0.2) is 45.3 Å². The zero-order valence-corrected chi connectivity index (χ0v) is 10.1. The Bertz CT molecular complexity index is 302. The first-order chi connectivity index (χ1) is 7.05. The highest BCUT2D eigenvalue weighted by Crippen LogP contribution is 2.40. The molecule has 1 amide bonds. The van der Waals surface area contributed by atoms with Crippen LogP contribution in [0.3, 0.4) is 0 Å². The van der Waals surface area contributed by atoms with Gasteiger partial charge in [-0.25, -0.2) is 0 Å². The highest BCUT2D eigenvalue weighted by Gasteiger charge is 2.55. The van der Waals surface area contributed by atoms with Crippen molar-refractivity contribution in [2.24, 2.45) is 0 Å². The third kappa shape index (κ3) is 2.08. The van der Waals surface area contributed by atoms with Crippen LogP contribution in [0.4, 0.5) is 0 Å². The molecule has 0 aromatic heterocycles. The van der Waals surface area contributed by atoms with Crippen LogP contribution in [0.5, 0.6) is 0 Å². The Morgan fingerprint density at radius 3 is 2.73 bits per heavy atom. The molecule has 2 aliphatic rings. The molecule has 4 nitrogen and oxygen atoms in total. The molecule has 1 saturated carbocycles. The minimum absolute atomic E-state index is 0.175. The van der Waals surface area contributed by atoms with Gasteiger partial charge in [-0.05, 0) is 19.3 Å². The van der Waals surface area contributed by atoms with Gasteiger partial charge < -0.3 is 4.90 Å². The summed E-state index contributed by atoms with van der Waals surface area (Å²) in [6.45, 7) is 3.37. The molecule has 5 heteroatoms. The van der Waals surface area contributed by atoms with E-state index in [-0.39, 0.29) is 16.7 Å². The molecule has 1 N–H and O–H groups in total. The lowest BCUT2D eigenvalue weighted by molar-refractivity contribution is -0.129. The molecule has 0 aromatic carbocycles. The van der Waals surface area contributed by atoms with Gasteiger partial charge in [0, 0.05) is 28.9 Å². The summed E-state index contributed by atoms with van der Waals surface area (Å²) < 4.78 is 11.2. The van der Waals surface area contributed by atoms with Crippen molar-refractivity contribution < 1.29 is 9.00 Å². The number of nitrogens with one attached hydrogen (secondary N) is 1. The first kappa shape index (κ1) is 11.1. The van der Waals surface area contributed by atoms with Gasteiger partial charge in [0.15, 0.2) is 0 Å². The lowest BCUT2D eigenvalue weighted by Gasteiger charge is -2.17. The van der Waals surface area contributed by atoms with Crippen LogP contribution in [0.25, 0.3) is 0 Å². The second-order valence-corrected chi connectivity index (χ2v) is 6.39. The lowest BCUT2D eigenvalue weighted by Crippen LogP contribution is -2.33. The molecule has 0 aromatic rings. The van der Waals surface area contributed by atoms with Crippen LogP contribution in [0.1, 0.15) is 26.2 Å². The fourth-order valence-electron chi connectivity index (χ4n) is 1.90. The fraction of sp³-hybridized carbons (Fsp3) is 0.900. The van der Waals surface area contributed by atoms with Crippen molar-refractivity contribution in [3.63, 3.8) is 0 Å². The van der Waals surface area contributed by atoms with Gasteiger partial charge in [0.25, 0.3) is 0 Å². The number of amides is 1. The van der Waals surface area contributed by atoms with Crippen LogP contribution >= 0.6 is 0 Å². The Morgan fingerprint density at radius 1 is 1.60 bits per heavy atom. The van der Waals surface area contributed by atoms with Crippen molar-refractivity contribution in [2.75, 3.05) is 19.5 Å². The molecular formula is C10H18N2O2S. The van der Waals surface area contributed by atoms with Gasteiger partial charge in [-0.1, -0.05) is 6.92 Å². The van der Waals surface area contributed by atoms with Crippen LogP contribution in [0.15, 0.2) is 0 Å². The zero-order chi connectivity index (χ0) is 11.1. The molecule has 1 aliphatic heterocycles. The maximum atomic E-state index is 11.9. The summed E-state index contributed by atoms with van der Waals surface area (Å²) in [5.74, 6) is 0.247. The number of rotatable bonds is 4. The average Bonchev–Trinajstić information content (AvgIpc) is 2.91. The van der Waals surface area contributed by atoms with Gasteiger partial charge >= 0.3 is 0 Å². The first-order valence-electron chi connectivity index (χ1n) is 5.42. The van der Waals surface area contributed by atoms with Crippen LogP contribution in [-0.2, 0) is 15.6 Å². The minimum Gasteiger partial charge on any atom is -0.328 e. The Labute approximate surface area is 92.9 Å². The molecule has 86 valence electrons. The van der Waals surface area contributed by atoms with Gasteiger partial charge in [0.05, 0.1) is 12.2 Å². The standard InChI is InChI=1S/C10H18N2O2S/c1-8(15(2)14)3-6-12-7-11-10(4-5-10)9(12)13/h8,11H,3-7H2,1-2H3. The van der Waals surface area contributed by atoms with E-state index in [0.29, 0.717) is 6.67 Å². The molecule has 2 fully saturated rings. The van der Waals surface area contributed by atoms with E-state index < -0.39 is 10.8 Å². The maximum Gasteiger partial charge on any atom is 0.243 e. The molecule has 2 atom stereocenters. The molecule has 1 aliphatic carbocycles. The predicted octanol–water partition coefficient (Wildman–Crippen LogP) is 0.0654. The lowest BCUT2D eigenvalue weighted by atomic mass is 10.2. The van der Waals surface area contributed by atoms with E-state index >= 15 is 0 Å². The quantitative estimate of drug-likeness (QED) is 0.743. The monoisotopic (exact) mass is 230 g/mol. The van der Waals surface area contributed by atoms with Crippen molar-refractivity contribution in [2.45, 2.75) is 37.0 Å². The smallest absolute Gasteiger partial charge is 0.243 e. The van der Waals surface area contributed by atoms with E-state index in [4.69, 9.17) is 0 Å². The number of carbonyl (C=O) groups excluding carboxylic acids is 1. The molecule has 1 saturated heterocycles. The zero-order valence-electron chi connectivity index (χ0n) is 9.28. The van der Waals surface area contributed by atoms with E-state index in [0.717, 1.165) is 25.8 Å². The summed E-state index contributed by atoms with van der Waals surface area (Å²) in [6.07, 6.45) is 4.51. The van der Waals surface area contributed by atoms with Crippen LogP contribution in [0, 0.1) is 0 Å². The third-order valence-corrected chi connectivity index (χ3v) is 4.80. The van der Waals surface area contributed by atoms with E-state index in [1.165, 1.54) is 0 Å². The number of nitrogens with zero attached hydrogens (tertiary/aromatic N) is 1. The van der Waals surface area contributed by atoms with Crippen molar-refractivity contribution in [3.8, 4) is 0 Å². The summed E-state index contributed by atoms with van der Waals surface area (Å²) >= 11 is 0. The predicted molar refractivity (Wildman–Crippen MR) is 59.8 cm³/mol. The van der Waals surface area contributed by atoms with Gasteiger partial charge in [0.1, 0.15) is 0 Å². The Hall–Kier alpha value is -0.420. The van der Waals surface area contributed by atoms with Crippen molar-refractivity contribution in [1.82, 2.24) is 10.2 Å². The van der Waals surface area contributed by atoms with Gasteiger partial charge in [-0.3, -0.25) is 14.3 Å². The van der Waals surface area contributed by atoms with Gasteiger partial charge in [-0.15, -0.1) is 0 Å². The van der Waals surface area contributed by atoms with Crippen molar-refractivity contribution in [3.05, 3.63) is 0 Å². The third-order valence-electron chi connectivity index (χ3n) is 3.43. The van der Waals surface area contributed by atoms with E-state index in [2.05, 4.69) is 5.32 Å².